The zero-order valence-electron chi connectivity index (χ0n) is 7.40. The summed E-state index contributed by atoms with van der Waals surface area (Å²) in [6, 6.07) is 0. The minimum atomic E-state index is 1.07. The number of rotatable bonds is 2. The first-order chi connectivity index (χ1) is 5.38. The average Bonchev–Trinajstić information content (AvgIpc) is 2.09. The van der Waals surface area contributed by atoms with E-state index in [0.717, 1.165) is 6.42 Å². The summed E-state index contributed by atoms with van der Waals surface area (Å²) in [7, 11) is 0. The number of nitrogens with zero attached hydrogens (tertiary/aromatic N) is 1. The molecule has 62 valence electrons. The van der Waals surface area contributed by atoms with Gasteiger partial charge in [-0.05, 0) is 25.7 Å². The van der Waals surface area contributed by atoms with Crippen molar-refractivity contribution < 1.29 is 0 Å². The molecule has 1 nitrogen and oxygen atoms in total. The van der Waals surface area contributed by atoms with Gasteiger partial charge in [-0.2, -0.15) is 0 Å². The fourth-order valence-corrected chi connectivity index (χ4v) is 1.62. The van der Waals surface area contributed by atoms with E-state index in [1.165, 1.54) is 38.0 Å². The minimum Gasteiger partial charge on any atom is -0.369 e. The summed E-state index contributed by atoms with van der Waals surface area (Å²) in [5, 5.41) is 0. The van der Waals surface area contributed by atoms with Crippen LogP contribution in [0.25, 0.3) is 0 Å². The van der Waals surface area contributed by atoms with Crippen LogP contribution in [0.1, 0.15) is 32.6 Å². The fourth-order valence-electron chi connectivity index (χ4n) is 1.62. The molecule has 0 aromatic heterocycles. The zero-order valence-corrected chi connectivity index (χ0v) is 7.40. The lowest BCUT2D eigenvalue weighted by Gasteiger charge is -2.29. The van der Waals surface area contributed by atoms with Crippen molar-refractivity contribution in [1.82, 2.24) is 4.90 Å². The Morgan fingerprint density at radius 3 is 2.45 bits per heavy atom. The number of allylic oxidation sites excluding steroid dienone is 1. The Hall–Kier alpha value is -0.680. The van der Waals surface area contributed by atoms with Crippen molar-refractivity contribution in [2.75, 3.05) is 13.1 Å². The highest BCUT2D eigenvalue weighted by atomic mass is 15.1. The van der Waals surface area contributed by atoms with Crippen molar-refractivity contribution >= 4 is 0 Å². The lowest BCUT2D eigenvalue weighted by Crippen LogP contribution is -2.28. The largest absolute Gasteiger partial charge is 0.369 e. The molecule has 0 radical (unpaired) electrons. The van der Waals surface area contributed by atoms with Crippen molar-refractivity contribution in [3.8, 4) is 0 Å². The number of hydrogen-bond donors (Lipinski definition) is 0. The Labute approximate surface area is 69.4 Å². The average molecular weight is 151 g/mol. The van der Waals surface area contributed by atoms with Gasteiger partial charge in [0.25, 0.3) is 0 Å². The maximum absolute atomic E-state index is 3.70. The highest BCUT2D eigenvalue weighted by Crippen LogP contribution is 2.15. The Morgan fingerprint density at radius 1 is 1.36 bits per heavy atom. The second-order valence-electron chi connectivity index (χ2n) is 3.02. The molecule has 1 heteroatoms. The van der Waals surface area contributed by atoms with Gasteiger partial charge in [0, 0.05) is 13.1 Å². The predicted octanol–water partition coefficient (Wildman–Crippen LogP) is 2.55. The second kappa shape index (κ2) is 4.25. The Bertz CT molecular complexity index is 160. The number of hydrogen-bond acceptors (Lipinski definition) is 1. The van der Waals surface area contributed by atoms with Crippen LogP contribution in [0.4, 0.5) is 0 Å². The van der Waals surface area contributed by atoms with E-state index in [0.29, 0.717) is 0 Å². The minimum absolute atomic E-state index is 1.07. The van der Waals surface area contributed by atoms with Gasteiger partial charge < -0.3 is 4.90 Å². The number of likely N-dealkylation sites (tertiary alicyclic amines) is 1. The third-order valence-electron chi connectivity index (χ3n) is 2.28. The van der Waals surface area contributed by atoms with Crippen molar-refractivity contribution in [1.29, 1.82) is 0 Å². The lowest BCUT2D eigenvalue weighted by molar-refractivity contribution is 0.279. The molecule has 1 heterocycles. The molecule has 0 aromatic rings. The summed E-state index contributed by atoms with van der Waals surface area (Å²) in [5.74, 6) is 0. The first-order valence-corrected chi connectivity index (χ1v) is 4.52. The molecule has 1 fully saturated rings. The van der Waals surface area contributed by atoms with Crippen molar-refractivity contribution in [3.05, 3.63) is 18.0 Å². The molecule has 0 spiro atoms. The van der Waals surface area contributed by atoms with E-state index < -0.39 is 0 Å². The maximum Gasteiger partial charge on any atom is 0.0555 e. The molecule has 0 N–H and O–H groups in total. The van der Waals surface area contributed by atoms with Gasteiger partial charge in [0.15, 0.2) is 0 Å². The lowest BCUT2D eigenvalue weighted by atomic mass is 10.1. The summed E-state index contributed by atoms with van der Waals surface area (Å²) in [4.78, 5) is 2.41. The molecule has 0 atom stereocenters. The first-order valence-electron chi connectivity index (χ1n) is 4.52. The van der Waals surface area contributed by atoms with Gasteiger partial charge in [-0.1, -0.05) is 13.5 Å². The van der Waals surface area contributed by atoms with Crippen LogP contribution in [0.3, 0.4) is 0 Å². The zero-order chi connectivity index (χ0) is 8.10. The molecule has 11 heavy (non-hydrogen) atoms. The van der Waals surface area contributed by atoms with Crippen LogP contribution >= 0.6 is 0 Å². The van der Waals surface area contributed by atoms with Crippen molar-refractivity contribution in [3.63, 3.8) is 0 Å². The molecule has 1 aliphatic rings. The standard InChI is InChI=1S/C10H17N/c1-3-10(4-2)11-8-6-5-7-9-11/h1,4-9H2,2H3. The van der Waals surface area contributed by atoms with E-state index >= 15 is 0 Å². The smallest absolute Gasteiger partial charge is 0.0555 e. The molecule has 1 rings (SSSR count). The van der Waals surface area contributed by atoms with Gasteiger partial charge >= 0.3 is 0 Å². The molecule has 0 aliphatic carbocycles. The maximum atomic E-state index is 3.70. The summed E-state index contributed by atoms with van der Waals surface area (Å²) in [6.07, 6.45) is 5.14. The first kappa shape index (κ1) is 8.42. The second-order valence-corrected chi connectivity index (χ2v) is 3.02. The van der Waals surface area contributed by atoms with Crippen LogP contribution in [-0.2, 0) is 0 Å². The molecule has 0 bridgehead atoms. The van der Waals surface area contributed by atoms with Crippen molar-refractivity contribution in [2.24, 2.45) is 0 Å². The fraction of sp³-hybridized carbons (Fsp3) is 0.700. The molecule has 0 saturated carbocycles. The normalized spacial score (nSPS) is 17.7. The quantitative estimate of drug-likeness (QED) is 0.548. The molecule has 0 amide bonds. The molecule has 1 saturated heterocycles. The number of piperidine rings is 1. The summed E-state index contributed by atoms with van der Waals surface area (Å²) in [6.45, 7) is 8.30. The van der Waals surface area contributed by atoms with Gasteiger partial charge in [0.05, 0.1) is 5.70 Å². The summed E-state index contributed by atoms with van der Waals surface area (Å²) < 4.78 is 0. The Morgan fingerprint density at radius 2 is 2.00 bits per heavy atom. The SMILES string of the molecule is C=C=C(CC)N1CCCCC1. The monoisotopic (exact) mass is 151 g/mol. The van der Waals surface area contributed by atoms with E-state index in [1.807, 2.05) is 0 Å². The van der Waals surface area contributed by atoms with E-state index in [-0.39, 0.29) is 0 Å². The molecule has 0 aromatic carbocycles. The molecule has 0 unspecified atom stereocenters. The van der Waals surface area contributed by atoms with Crippen LogP contribution in [0.15, 0.2) is 18.0 Å². The van der Waals surface area contributed by atoms with Crippen LogP contribution in [-0.4, -0.2) is 18.0 Å². The van der Waals surface area contributed by atoms with E-state index in [2.05, 4.69) is 24.1 Å². The van der Waals surface area contributed by atoms with E-state index in [4.69, 9.17) is 0 Å². The van der Waals surface area contributed by atoms with Gasteiger partial charge in [0.2, 0.25) is 0 Å². The third kappa shape index (κ3) is 2.13. The molecule has 1 aliphatic heterocycles. The van der Waals surface area contributed by atoms with Gasteiger partial charge in [0.1, 0.15) is 0 Å². The predicted molar refractivity (Wildman–Crippen MR) is 48.4 cm³/mol. The molecular weight excluding hydrogens is 134 g/mol. The van der Waals surface area contributed by atoms with Crippen LogP contribution in [0.2, 0.25) is 0 Å². The summed E-state index contributed by atoms with van der Waals surface area (Å²) >= 11 is 0. The van der Waals surface area contributed by atoms with Crippen LogP contribution in [0, 0.1) is 0 Å². The molecular formula is C10H17N. The Balaban J connectivity index is 2.50. The van der Waals surface area contributed by atoms with Crippen LogP contribution in [0.5, 0.6) is 0 Å². The topological polar surface area (TPSA) is 3.24 Å². The van der Waals surface area contributed by atoms with Gasteiger partial charge in [-0.25, -0.2) is 0 Å². The third-order valence-corrected chi connectivity index (χ3v) is 2.28. The van der Waals surface area contributed by atoms with E-state index in [1.54, 1.807) is 0 Å². The van der Waals surface area contributed by atoms with Crippen molar-refractivity contribution in [2.45, 2.75) is 32.6 Å². The van der Waals surface area contributed by atoms with Gasteiger partial charge in [-0.3, -0.25) is 0 Å². The van der Waals surface area contributed by atoms with Gasteiger partial charge in [-0.15, -0.1) is 5.73 Å². The Kier molecular flexibility index (Phi) is 3.25. The summed E-state index contributed by atoms with van der Waals surface area (Å²) in [5.41, 5.74) is 4.31. The van der Waals surface area contributed by atoms with E-state index in [9.17, 15) is 0 Å². The van der Waals surface area contributed by atoms with Crippen LogP contribution < -0.4 is 0 Å². The highest BCUT2D eigenvalue weighted by molar-refractivity contribution is 4.98. The highest BCUT2D eigenvalue weighted by Gasteiger charge is 2.10.